The minimum absolute atomic E-state index is 0.0198. The fourth-order valence-corrected chi connectivity index (χ4v) is 3.03. The standard InChI is InChI=1S/C18H26N2O2/c1-3-20(4-2)17(15-8-6-5-7-9-15)18(22)19-16-11-10-14(12-16)13-21/h5-11,14,16-17,21H,3-4,12-13H2,1-2H3,(H,19,22)/t14-,16+,17?/m0/s1. The van der Waals surface area contributed by atoms with Crippen LogP contribution in [0.4, 0.5) is 0 Å². The van der Waals surface area contributed by atoms with Gasteiger partial charge >= 0.3 is 0 Å². The number of carbonyl (C=O) groups excluding carboxylic acids is 1. The number of aliphatic hydroxyl groups excluding tert-OH is 1. The van der Waals surface area contributed by atoms with Crippen LogP contribution in [-0.2, 0) is 4.79 Å². The number of carbonyl (C=O) groups is 1. The largest absolute Gasteiger partial charge is 0.396 e. The monoisotopic (exact) mass is 302 g/mol. The van der Waals surface area contributed by atoms with Gasteiger partial charge in [-0.2, -0.15) is 0 Å². The van der Waals surface area contributed by atoms with Gasteiger partial charge in [0.2, 0.25) is 5.91 Å². The Morgan fingerprint density at radius 1 is 1.27 bits per heavy atom. The molecule has 2 N–H and O–H groups in total. The smallest absolute Gasteiger partial charge is 0.242 e. The molecule has 1 amide bonds. The summed E-state index contributed by atoms with van der Waals surface area (Å²) in [4.78, 5) is 15.0. The molecule has 1 aromatic carbocycles. The molecular formula is C18H26N2O2. The van der Waals surface area contributed by atoms with E-state index in [-0.39, 0.29) is 30.5 Å². The summed E-state index contributed by atoms with van der Waals surface area (Å²) in [6.07, 6.45) is 4.75. The second-order valence-electron chi connectivity index (χ2n) is 5.71. The molecule has 0 radical (unpaired) electrons. The molecule has 0 saturated carbocycles. The first kappa shape index (κ1) is 16.7. The molecule has 2 rings (SSSR count). The summed E-state index contributed by atoms with van der Waals surface area (Å²) in [5.74, 6) is 0.192. The number of likely N-dealkylation sites (N-methyl/N-ethyl adjacent to an activating group) is 1. The van der Waals surface area contributed by atoms with Crippen LogP contribution in [0.25, 0.3) is 0 Å². The van der Waals surface area contributed by atoms with Crippen molar-refractivity contribution in [2.75, 3.05) is 19.7 Å². The lowest BCUT2D eigenvalue weighted by molar-refractivity contribution is -0.127. The highest BCUT2D eigenvalue weighted by Gasteiger charge is 2.28. The van der Waals surface area contributed by atoms with E-state index in [1.807, 2.05) is 42.5 Å². The van der Waals surface area contributed by atoms with Gasteiger partial charge < -0.3 is 10.4 Å². The lowest BCUT2D eigenvalue weighted by Crippen LogP contribution is -2.43. The van der Waals surface area contributed by atoms with Crippen molar-refractivity contribution in [3.05, 3.63) is 48.0 Å². The molecular weight excluding hydrogens is 276 g/mol. The molecule has 0 aliphatic heterocycles. The molecule has 0 bridgehead atoms. The highest BCUT2D eigenvalue weighted by atomic mass is 16.3. The van der Waals surface area contributed by atoms with Gasteiger partial charge in [0.1, 0.15) is 6.04 Å². The molecule has 0 fully saturated rings. The third-order valence-electron chi connectivity index (χ3n) is 4.28. The van der Waals surface area contributed by atoms with E-state index >= 15 is 0 Å². The van der Waals surface area contributed by atoms with Crippen LogP contribution in [-0.4, -0.2) is 41.7 Å². The van der Waals surface area contributed by atoms with E-state index in [9.17, 15) is 9.90 Å². The third kappa shape index (κ3) is 3.96. The molecule has 4 nitrogen and oxygen atoms in total. The van der Waals surface area contributed by atoms with Crippen LogP contribution in [0.5, 0.6) is 0 Å². The van der Waals surface area contributed by atoms with E-state index in [1.165, 1.54) is 0 Å². The summed E-state index contributed by atoms with van der Waals surface area (Å²) >= 11 is 0. The molecule has 1 aliphatic carbocycles. The van der Waals surface area contributed by atoms with E-state index in [0.29, 0.717) is 0 Å². The first-order valence-corrected chi connectivity index (χ1v) is 8.08. The molecule has 0 spiro atoms. The normalized spacial score (nSPS) is 22.0. The van der Waals surface area contributed by atoms with Crippen LogP contribution in [0.3, 0.4) is 0 Å². The number of amides is 1. The zero-order chi connectivity index (χ0) is 15.9. The fourth-order valence-electron chi connectivity index (χ4n) is 3.03. The van der Waals surface area contributed by atoms with E-state index in [2.05, 4.69) is 24.1 Å². The molecule has 0 heterocycles. The molecule has 1 aromatic rings. The van der Waals surface area contributed by atoms with E-state index in [1.54, 1.807) is 0 Å². The van der Waals surface area contributed by atoms with Crippen molar-refractivity contribution >= 4 is 5.91 Å². The number of hydrogen-bond donors (Lipinski definition) is 2. The Kier molecular flexibility index (Phi) is 6.16. The van der Waals surface area contributed by atoms with Crippen LogP contribution in [0.2, 0.25) is 0 Å². The maximum Gasteiger partial charge on any atom is 0.242 e. The molecule has 0 saturated heterocycles. The highest BCUT2D eigenvalue weighted by molar-refractivity contribution is 5.83. The van der Waals surface area contributed by atoms with Crippen molar-refractivity contribution in [2.45, 2.75) is 32.4 Å². The molecule has 4 heteroatoms. The summed E-state index contributed by atoms with van der Waals surface area (Å²) in [5.41, 5.74) is 1.02. The van der Waals surface area contributed by atoms with Gasteiger partial charge in [-0.3, -0.25) is 9.69 Å². The van der Waals surface area contributed by atoms with Gasteiger partial charge in [-0.05, 0) is 25.1 Å². The van der Waals surface area contributed by atoms with E-state index < -0.39 is 0 Å². The molecule has 1 aliphatic rings. The van der Waals surface area contributed by atoms with Crippen molar-refractivity contribution in [1.82, 2.24) is 10.2 Å². The minimum Gasteiger partial charge on any atom is -0.396 e. The van der Waals surface area contributed by atoms with Crippen LogP contribution >= 0.6 is 0 Å². The van der Waals surface area contributed by atoms with Gasteiger partial charge in [0.15, 0.2) is 0 Å². The van der Waals surface area contributed by atoms with Gasteiger partial charge in [0, 0.05) is 18.6 Å². The Labute approximate surface area is 132 Å². The fraction of sp³-hybridized carbons (Fsp3) is 0.500. The summed E-state index contributed by atoms with van der Waals surface area (Å²) in [7, 11) is 0. The quantitative estimate of drug-likeness (QED) is 0.759. The number of hydrogen-bond acceptors (Lipinski definition) is 3. The Hall–Kier alpha value is -1.65. The average molecular weight is 302 g/mol. The van der Waals surface area contributed by atoms with Gasteiger partial charge in [0.05, 0.1) is 0 Å². The molecule has 3 atom stereocenters. The second kappa shape index (κ2) is 8.11. The average Bonchev–Trinajstić information content (AvgIpc) is 3.00. The number of rotatable bonds is 7. The van der Waals surface area contributed by atoms with Crippen LogP contribution in [0.15, 0.2) is 42.5 Å². The van der Waals surface area contributed by atoms with Gasteiger partial charge in [-0.25, -0.2) is 0 Å². The summed E-state index contributed by atoms with van der Waals surface area (Å²) < 4.78 is 0. The number of aliphatic hydroxyl groups is 1. The van der Waals surface area contributed by atoms with Gasteiger partial charge in [-0.15, -0.1) is 0 Å². The lowest BCUT2D eigenvalue weighted by atomic mass is 10.0. The van der Waals surface area contributed by atoms with Crippen molar-refractivity contribution < 1.29 is 9.90 Å². The Balaban J connectivity index is 2.11. The number of nitrogens with zero attached hydrogens (tertiary/aromatic N) is 1. The Morgan fingerprint density at radius 2 is 1.95 bits per heavy atom. The Bertz CT molecular complexity index is 497. The predicted octanol–water partition coefficient (Wildman–Crippen LogP) is 2.12. The van der Waals surface area contributed by atoms with Crippen molar-refractivity contribution in [1.29, 1.82) is 0 Å². The topological polar surface area (TPSA) is 52.6 Å². The summed E-state index contributed by atoms with van der Waals surface area (Å²) in [6.45, 7) is 5.93. The second-order valence-corrected chi connectivity index (χ2v) is 5.71. The molecule has 22 heavy (non-hydrogen) atoms. The van der Waals surface area contributed by atoms with Crippen molar-refractivity contribution in [3.63, 3.8) is 0 Å². The third-order valence-corrected chi connectivity index (χ3v) is 4.28. The molecule has 0 aromatic heterocycles. The van der Waals surface area contributed by atoms with Gasteiger partial charge in [-0.1, -0.05) is 56.3 Å². The highest BCUT2D eigenvalue weighted by Crippen LogP contribution is 2.23. The first-order valence-electron chi connectivity index (χ1n) is 8.08. The van der Waals surface area contributed by atoms with Crippen LogP contribution in [0.1, 0.15) is 31.9 Å². The number of benzene rings is 1. The number of nitrogens with one attached hydrogen (secondary N) is 1. The van der Waals surface area contributed by atoms with Crippen LogP contribution in [0, 0.1) is 5.92 Å². The van der Waals surface area contributed by atoms with E-state index in [0.717, 1.165) is 25.1 Å². The summed E-state index contributed by atoms with van der Waals surface area (Å²) in [6, 6.07) is 9.66. The van der Waals surface area contributed by atoms with Crippen molar-refractivity contribution in [3.8, 4) is 0 Å². The van der Waals surface area contributed by atoms with Crippen LogP contribution < -0.4 is 5.32 Å². The predicted molar refractivity (Wildman–Crippen MR) is 88.4 cm³/mol. The zero-order valence-electron chi connectivity index (χ0n) is 13.4. The first-order chi connectivity index (χ1) is 10.7. The zero-order valence-corrected chi connectivity index (χ0v) is 13.4. The summed E-state index contributed by atoms with van der Waals surface area (Å²) in [5, 5.41) is 12.3. The van der Waals surface area contributed by atoms with E-state index in [4.69, 9.17) is 0 Å². The van der Waals surface area contributed by atoms with Crippen molar-refractivity contribution in [2.24, 2.45) is 5.92 Å². The molecule has 1 unspecified atom stereocenters. The maximum atomic E-state index is 12.8. The molecule has 120 valence electrons. The minimum atomic E-state index is -0.266. The maximum absolute atomic E-state index is 12.8. The SMILES string of the molecule is CCN(CC)C(C(=O)N[C@@H]1C=C[C@H](CO)C1)c1ccccc1. The lowest BCUT2D eigenvalue weighted by Gasteiger charge is -2.30. The van der Waals surface area contributed by atoms with Gasteiger partial charge in [0.25, 0.3) is 0 Å². The Morgan fingerprint density at radius 3 is 2.50 bits per heavy atom.